The van der Waals surface area contributed by atoms with Crippen LogP contribution in [0.25, 0.3) is 10.9 Å². The number of benzene rings is 2. The molecule has 0 amide bonds. The van der Waals surface area contributed by atoms with Gasteiger partial charge in [0.2, 0.25) is 5.88 Å². The van der Waals surface area contributed by atoms with Gasteiger partial charge in [-0.1, -0.05) is 24.3 Å². The van der Waals surface area contributed by atoms with Crippen molar-refractivity contribution in [2.45, 2.75) is 0 Å². The first-order valence-electron chi connectivity index (χ1n) is 5.60. The van der Waals surface area contributed by atoms with Crippen molar-refractivity contribution in [3.63, 3.8) is 0 Å². The van der Waals surface area contributed by atoms with Crippen molar-refractivity contribution < 1.29 is 9.13 Å². The molecule has 3 rings (SSSR count). The molecule has 2 aromatic carbocycles. The summed E-state index contributed by atoms with van der Waals surface area (Å²) in [5.41, 5.74) is 0.948. The highest BCUT2D eigenvalue weighted by Gasteiger charge is 2.11. The fraction of sp³-hybridized carbons (Fsp3) is 0.0714. The summed E-state index contributed by atoms with van der Waals surface area (Å²) in [6, 6.07) is 14.0. The first kappa shape index (κ1) is 10.8. The Labute approximate surface area is 103 Å². The summed E-state index contributed by atoms with van der Waals surface area (Å²) in [4.78, 5) is 0. The first-order valence-corrected chi connectivity index (χ1v) is 5.60. The maximum absolute atomic E-state index is 13.5. The van der Waals surface area contributed by atoms with Gasteiger partial charge in [-0.2, -0.15) is 0 Å². The van der Waals surface area contributed by atoms with Crippen molar-refractivity contribution in [3.05, 3.63) is 54.3 Å². The molecule has 0 unspecified atom stereocenters. The quantitative estimate of drug-likeness (QED) is 0.687. The second-order valence-electron chi connectivity index (χ2n) is 3.98. The Morgan fingerprint density at radius 3 is 2.61 bits per heavy atom. The minimum Gasteiger partial charge on any atom is -0.434 e. The van der Waals surface area contributed by atoms with Crippen LogP contribution in [0.2, 0.25) is 0 Å². The van der Waals surface area contributed by atoms with Crippen LogP contribution in [0.3, 0.4) is 0 Å². The topological polar surface area (TPSA) is 27.1 Å². The van der Waals surface area contributed by atoms with E-state index in [4.69, 9.17) is 4.74 Å². The lowest BCUT2D eigenvalue weighted by atomic mass is 10.2. The second-order valence-corrected chi connectivity index (χ2v) is 3.98. The highest BCUT2D eigenvalue weighted by Crippen LogP contribution is 2.29. The zero-order chi connectivity index (χ0) is 12.5. The van der Waals surface area contributed by atoms with Crippen LogP contribution >= 0.6 is 0 Å². The first-order chi connectivity index (χ1) is 8.75. The summed E-state index contributed by atoms with van der Waals surface area (Å²) < 4.78 is 20.8. The number of ether oxygens (including phenoxy) is 1. The van der Waals surface area contributed by atoms with E-state index in [-0.39, 0.29) is 5.75 Å². The van der Waals surface area contributed by atoms with Crippen molar-refractivity contribution in [3.8, 4) is 11.6 Å². The zero-order valence-electron chi connectivity index (χ0n) is 9.80. The maximum Gasteiger partial charge on any atom is 0.246 e. The van der Waals surface area contributed by atoms with Crippen molar-refractivity contribution in [2.75, 3.05) is 0 Å². The third-order valence-corrected chi connectivity index (χ3v) is 2.77. The smallest absolute Gasteiger partial charge is 0.246 e. The maximum atomic E-state index is 13.5. The molecule has 4 heteroatoms. The molecule has 0 saturated heterocycles. The number of halogens is 1. The van der Waals surface area contributed by atoms with Gasteiger partial charge in [-0.25, -0.2) is 4.39 Å². The van der Waals surface area contributed by atoms with Gasteiger partial charge in [0.1, 0.15) is 0 Å². The zero-order valence-corrected chi connectivity index (χ0v) is 9.80. The molecule has 0 radical (unpaired) electrons. The largest absolute Gasteiger partial charge is 0.434 e. The minimum atomic E-state index is -0.396. The predicted octanol–water partition coefficient (Wildman–Crippen LogP) is 3.50. The Morgan fingerprint density at radius 2 is 1.78 bits per heavy atom. The summed E-state index contributed by atoms with van der Waals surface area (Å²) in [5.74, 6) is 0.201. The number of fused-ring (bicyclic) bond motifs is 1. The molecule has 0 aliphatic rings. The molecule has 0 aliphatic heterocycles. The Morgan fingerprint density at radius 1 is 1.06 bits per heavy atom. The molecule has 0 fully saturated rings. The van der Waals surface area contributed by atoms with Gasteiger partial charge in [-0.3, -0.25) is 4.68 Å². The molecule has 90 valence electrons. The van der Waals surface area contributed by atoms with Gasteiger partial charge in [0, 0.05) is 7.05 Å². The minimum absolute atomic E-state index is 0.182. The van der Waals surface area contributed by atoms with Crippen molar-refractivity contribution >= 4 is 10.9 Å². The third kappa shape index (κ3) is 1.72. The van der Waals surface area contributed by atoms with Gasteiger partial charge < -0.3 is 4.74 Å². The highest BCUT2D eigenvalue weighted by atomic mass is 19.1. The predicted molar refractivity (Wildman–Crippen MR) is 67.2 cm³/mol. The van der Waals surface area contributed by atoms with E-state index < -0.39 is 5.82 Å². The molecule has 0 atom stereocenters. The highest BCUT2D eigenvalue weighted by molar-refractivity contribution is 5.84. The van der Waals surface area contributed by atoms with Crippen molar-refractivity contribution in [1.29, 1.82) is 0 Å². The number of hydrogen-bond donors (Lipinski definition) is 0. The Kier molecular flexibility index (Phi) is 2.48. The lowest BCUT2D eigenvalue weighted by molar-refractivity contribution is 0.425. The van der Waals surface area contributed by atoms with Gasteiger partial charge in [-0.15, -0.1) is 5.10 Å². The SMILES string of the molecule is Cn1nc(Oc2ccccc2F)c2ccccc21. The monoisotopic (exact) mass is 242 g/mol. The van der Waals surface area contributed by atoms with E-state index in [1.54, 1.807) is 22.9 Å². The molecule has 0 bridgehead atoms. The number of aryl methyl sites for hydroxylation is 1. The standard InChI is InChI=1S/C14H11FN2O/c1-17-12-8-4-2-6-10(12)14(16-17)18-13-9-5-3-7-11(13)15/h2-9H,1H3. The fourth-order valence-corrected chi connectivity index (χ4v) is 1.89. The van der Waals surface area contributed by atoms with Gasteiger partial charge in [0.15, 0.2) is 11.6 Å². The Bertz CT molecular complexity index is 706. The van der Waals surface area contributed by atoms with E-state index in [1.165, 1.54) is 6.07 Å². The summed E-state index contributed by atoms with van der Waals surface area (Å²) in [6.45, 7) is 0. The Hall–Kier alpha value is -2.36. The number of aromatic nitrogens is 2. The van der Waals surface area contributed by atoms with E-state index in [0.29, 0.717) is 5.88 Å². The summed E-state index contributed by atoms with van der Waals surface area (Å²) in [7, 11) is 1.83. The van der Waals surface area contributed by atoms with E-state index in [0.717, 1.165) is 10.9 Å². The average Bonchev–Trinajstić information content (AvgIpc) is 2.70. The average molecular weight is 242 g/mol. The van der Waals surface area contributed by atoms with Crippen molar-refractivity contribution in [2.24, 2.45) is 7.05 Å². The van der Waals surface area contributed by atoms with Crippen LogP contribution in [0.1, 0.15) is 0 Å². The summed E-state index contributed by atoms with van der Waals surface area (Å²) in [5, 5.41) is 5.12. The molecule has 0 aliphatic carbocycles. The van der Waals surface area contributed by atoms with E-state index >= 15 is 0 Å². The fourth-order valence-electron chi connectivity index (χ4n) is 1.89. The van der Waals surface area contributed by atoms with E-state index in [2.05, 4.69) is 5.10 Å². The molecular formula is C14H11FN2O. The normalized spacial score (nSPS) is 10.8. The number of para-hydroxylation sites is 2. The second kappa shape index (κ2) is 4.14. The van der Waals surface area contributed by atoms with Gasteiger partial charge >= 0.3 is 0 Å². The molecule has 0 saturated carbocycles. The molecule has 3 nitrogen and oxygen atoms in total. The number of rotatable bonds is 2. The van der Waals surface area contributed by atoms with Crippen LogP contribution in [0.4, 0.5) is 4.39 Å². The number of hydrogen-bond acceptors (Lipinski definition) is 2. The van der Waals surface area contributed by atoms with Crippen LogP contribution in [0, 0.1) is 5.82 Å². The van der Waals surface area contributed by atoms with Crippen LogP contribution in [0.5, 0.6) is 11.6 Å². The lowest BCUT2D eigenvalue weighted by Crippen LogP contribution is -1.91. The van der Waals surface area contributed by atoms with Crippen LogP contribution in [0.15, 0.2) is 48.5 Å². The van der Waals surface area contributed by atoms with Crippen LogP contribution < -0.4 is 4.74 Å². The lowest BCUT2D eigenvalue weighted by Gasteiger charge is -2.03. The molecule has 3 aromatic rings. The third-order valence-electron chi connectivity index (χ3n) is 2.77. The molecule has 1 aromatic heterocycles. The van der Waals surface area contributed by atoms with E-state index in [1.807, 2.05) is 31.3 Å². The van der Waals surface area contributed by atoms with Gasteiger partial charge in [-0.05, 0) is 24.3 Å². The van der Waals surface area contributed by atoms with Crippen molar-refractivity contribution in [1.82, 2.24) is 9.78 Å². The number of nitrogens with zero attached hydrogens (tertiary/aromatic N) is 2. The van der Waals surface area contributed by atoms with Gasteiger partial charge in [0.05, 0.1) is 10.9 Å². The van der Waals surface area contributed by atoms with Crippen LogP contribution in [-0.4, -0.2) is 9.78 Å². The molecule has 18 heavy (non-hydrogen) atoms. The van der Waals surface area contributed by atoms with Crippen LogP contribution in [-0.2, 0) is 7.05 Å². The summed E-state index contributed by atoms with van der Waals surface area (Å²) in [6.07, 6.45) is 0. The molecule has 0 N–H and O–H groups in total. The van der Waals surface area contributed by atoms with E-state index in [9.17, 15) is 4.39 Å². The molecular weight excluding hydrogens is 231 g/mol. The molecule has 0 spiro atoms. The Balaban J connectivity index is 2.08. The summed E-state index contributed by atoms with van der Waals surface area (Å²) >= 11 is 0. The van der Waals surface area contributed by atoms with Gasteiger partial charge in [0.25, 0.3) is 0 Å². The molecule has 1 heterocycles.